The van der Waals surface area contributed by atoms with Crippen molar-refractivity contribution in [2.24, 2.45) is 5.10 Å². The number of nitrogens with one attached hydrogen (secondary N) is 1. The molecule has 0 saturated carbocycles. The highest BCUT2D eigenvalue weighted by molar-refractivity contribution is 5.96. The van der Waals surface area contributed by atoms with E-state index in [1.54, 1.807) is 12.3 Å². The highest BCUT2D eigenvalue weighted by Gasteiger charge is 2.03. The Morgan fingerprint density at radius 3 is 2.32 bits per heavy atom. The number of carbonyl (C=O) groups is 1. The number of hydrogen-bond acceptors (Lipinski definition) is 3. The van der Waals surface area contributed by atoms with E-state index in [9.17, 15) is 4.79 Å². The monoisotopic (exact) mass is 306 g/mol. The topological polar surface area (TPSA) is 54.6 Å². The lowest BCUT2D eigenvalue weighted by Crippen LogP contribution is -2.18. The van der Waals surface area contributed by atoms with Crippen molar-refractivity contribution in [1.29, 1.82) is 0 Å². The highest BCUT2D eigenvalue weighted by Crippen LogP contribution is 2.10. The van der Waals surface area contributed by atoms with Gasteiger partial charge in [0.25, 0.3) is 0 Å². The summed E-state index contributed by atoms with van der Waals surface area (Å²) >= 11 is 0. The van der Waals surface area contributed by atoms with Crippen LogP contribution in [0.3, 0.4) is 0 Å². The standard InChI is InChI=1S/C18H30N2O2/c1-3-4-5-6-7-8-9-10-11-14-18(21)20-19-16(2)17-13-12-15-22-17/h12-13,15H,3-11,14H2,1-2H3,(H,20,21). The molecule has 0 aliphatic heterocycles. The predicted molar refractivity (Wildman–Crippen MR) is 90.9 cm³/mol. The van der Waals surface area contributed by atoms with Gasteiger partial charge in [0, 0.05) is 6.42 Å². The Balaban J connectivity index is 1.99. The molecule has 22 heavy (non-hydrogen) atoms. The van der Waals surface area contributed by atoms with E-state index in [0.29, 0.717) is 17.9 Å². The van der Waals surface area contributed by atoms with Gasteiger partial charge >= 0.3 is 0 Å². The van der Waals surface area contributed by atoms with E-state index in [1.807, 2.05) is 13.0 Å². The molecule has 0 fully saturated rings. The van der Waals surface area contributed by atoms with Crippen LogP contribution in [0.25, 0.3) is 0 Å². The number of hydrazone groups is 1. The predicted octanol–water partition coefficient (Wildman–Crippen LogP) is 5.04. The van der Waals surface area contributed by atoms with Gasteiger partial charge in [0.05, 0.1) is 6.26 Å². The first-order chi connectivity index (χ1) is 10.7. The number of amides is 1. The maximum absolute atomic E-state index is 11.7. The van der Waals surface area contributed by atoms with Crippen LogP contribution in [0.1, 0.15) is 83.8 Å². The van der Waals surface area contributed by atoms with E-state index in [1.165, 1.54) is 44.9 Å². The molecule has 1 aromatic rings. The van der Waals surface area contributed by atoms with Crippen LogP contribution < -0.4 is 5.43 Å². The fraction of sp³-hybridized carbons (Fsp3) is 0.667. The first kappa shape index (κ1) is 18.5. The van der Waals surface area contributed by atoms with E-state index in [-0.39, 0.29) is 5.91 Å². The minimum absolute atomic E-state index is 0.0196. The van der Waals surface area contributed by atoms with Crippen molar-refractivity contribution >= 4 is 11.6 Å². The van der Waals surface area contributed by atoms with Crippen molar-refractivity contribution in [1.82, 2.24) is 5.43 Å². The summed E-state index contributed by atoms with van der Waals surface area (Å²) in [6.45, 7) is 4.06. The van der Waals surface area contributed by atoms with E-state index in [2.05, 4.69) is 17.5 Å². The van der Waals surface area contributed by atoms with Gasteiger partial charge in [0.15, 0.2) is 0 Å². The summed E-state index contributed by atoms with van der Waals surface area (Å²) < 4.78 is 5.21. The molecule has 4 nitrogen and oxygen atoms in total. The van der Waals surface area contributed by atoms with Gasteiger partial charge < -0.3 is 4.42 Å². The molecule has 1 heterocycles. The van der Waals surface area contributed by atoms with Gasteiger partial charge in [0.2, 0.25) is 5.91 Å². The average Bonchev–Trinajstić information content (AvgIpc) is 3.05. The molecule has 124 valence electrons. The lowest BCUT2D eigenvalue weighted by molar-refractivity contribution is -0.121. The van der Waals surface area contributed by atoms with Crippen LogP contribution in [-0.4, -0.2) is 11.6 Å². The van der Waals surface area contributed by atoms with Crippen LogP contribution in [0.2, 0.25) is 0 Å². The van der Waals surface area contributed by atoms with Gasteiger partial charge in [-0.3, -0.25) is 4.79 Å². The Kier molecular flexibility index (Phi) is 10.1. The molecule has 0 unspecified atom stereocenters. The van der Waals surface area contributed by atoms with Gasteiger partial charge in [-0.2, -0.15) is 5.10 Å². The first-order valence-electron chi connectivity index (χ1n) is 8.61. The van der Waals surface area contributed by atoms with Gasteiger partial charge in [-0.05, 0) is 25.5 Å². The third-order valence-electron chi connectivity index (χ3n) is 3.73. The number of furan rings is 1. The Morgan fingerprint density at radius 2 is 1.73 bits per heavy atom. The molecule has 0 spiro atoms. The molecule has 0 saturated heterocycles. The summed E-state index contributed by atoms with van der Waals surface area (Å²) in [5.41, 5.74) is 3.27. The molecule has 0 radical (unpaired) electrons. The fourth-order valence-electron chi connectivity index (χ4n) is 2.34. The van der Waals surface area contributed by atoms with Crippen molar-refractivity contribution < 1.29 is 9.21 Å². The minimum atomic E-state index is -0.0196. The van der Waals surface area contributed by atoms with Crippen LogP contribution in [-0.2, 0) is 4.79 Å². The minimum Gasteiger partial charge on any atom is -0.463 e. The Bertz CT molecular complexity index is 424. The van der Waals surface area contributed by atoms with Crippen molar-refractivity contribution in [2.45, 2.75) is 78.1 Å². The zero-order chi connectivity index (χ0) is 16.0. The third kappa shape index (κ3) is 8.65. The molecule has 0 aliphatic carbocycles. The van der Waals surface area contributed by atoms with E-state index < -0.39 is 0 Å². The second-order valence-electron chi connectivity index (χ2n) is 5.79. The molecular formula is C18H30N2O2. The van der Waals surface area contributed by atoms with Gasteiger partial charge in [-0.25, -0.2) is 5.43 Å². The number of nitrogens with zero attached hydrogens (tertiary/aromatic N) is 1. The zero-order valence-electron chi connectivity index (χ0n) is 14.1. The molecule has 1 N–H and O–H groups in total. The van der Waals surface area contributed by atoms with Crippen LogP contribution in [0, 0.1) is 0 Å². The van der Waals surface area contributed by atoms with Crippen molar-refractivity contribution in [3.63, 3.8) is 0 Å². The number of rotatable bonds is 12. The van der Waals surface area contributed by atoms with Crippen LogP contribution in [0.5, 0.6) is 0 Å². The summed E-state index contributed by atoms with van der Waals surface area (Å²) in [6, 6.07) is 3.63. The summed E-state index contributed by atoms with van der Waals surface area (Å²) in [5.74, 6) is 0.664. The van der Waals surface area contributed by atoms with Gasteiger partial charge in [0.1, 0.15) is 11.5 Å². The van der Waals surface area contributed by atoms with Crippen molar-refractivity contribution in [3.8, 4) is 0 Å². The molecule has 1 aromatic heterocycles. The molecular weight excluding hydrogens is 276 g/mol. The number of unbranched alkanes of at least 4 members (excludes halogenated alkanes) is 8. The normalized spacial score (nSPS) is 11.6. The largest absolute Gasteiger partial charge is 0.463 e. The van der Waals surface area contributed by atoms with Crippen LogP contribution >= 0.6 is 0 Å². The first-order valence-corrected chi connectivity index (χ1v) is 8.61. The SMILES string of the molecule is CCCCCCCCCCCC(=O)NN=C(C)c1ccco1. The summed E-state index contributed by atoms with van der Waals surface area (Å²) in [6.07, 6.45) is 13.4. The van der Waals surface area contributed by atoms with Crippen LogP contribution in [0.15, 0.2) is 27.9 Å². The maximum Gasteiger partial charge on any atom is 0.240 e. The molecule has 0 bridgehead atoms. The van der Waals surface area contributed by atoms with Crippen molar-refractivity contribution in [3.05, 3.63) is 24.2 Å². The molecule has 1 rings (SSSR count). The molecule has 0 aromatic carbocycles. The highest BCUT2D eigenvalue weighted by atomic mass is 16.3. The van der Waals surface area contributed by atoms with E-state index in [0.717, 1.165) is 12.8 Å². The lowest BCUT2D eigenvalue weighted by Gasteiger charge is -2.02. The van der Waals surface area contributed by atoms with Gasteiger partial charge in [-0.15, -0.1) is 0 Å². The Hall–Kier alpha value is -1.58. The second-order valence-corrected chi connectivity index (χ2v) is 5.79. The second kappa shape index (κ2) is 12.0. The Labute approximate surface area is 134 Å². The smallest absolute Gasteiger partial charge is 0.240 e. The van der Waals surface area contributed by atoms with Gasteiger partial charge in [-0.1, -0.05) is 58.3 Å². The zero-order valence-corrected chi connectivity index (χ0v) is 14.1. The third-order valence-corrected chi connectivity index (χ3v) is 3.73. The summed E-state index contributed by atoms with van der Waals surface area (Å²) in [5, 5.41) is 4.05. The van der Waals surface area contributed by atoms with E-state index in [4.69, 9.17) is 4.42 Å². The van der Waals surface area contributed by atoms with Crippen molar-refractivity contribution in [2.75, 3.05) is 0 Å². The Morgan fingerprint density at radius 1 is 1.09 bits per heavy atom. The summed E-state index contributed by atoms with van der Waals surface area (Å²) in [7, 11) is 0. The molecule has 0 aliphatic rings. The lowest BCUT2D eigenvalue weighted by atomic mass is 10.1. The molecule has 1 amide bonds. The number of hydrogen-bond donors (Lipinski definition) is 1. The number of carbonyl (C=O) groups excluding carboxylic acids is 1. The van der Waals surface area contributed by atoms with E-state index >= 15 is 0 Å². The quantitative estimate of drug-likeness (QED) is 0.334. The maximum atomic E-state index is 11.7. The average molecular weight is 306 g/mol. The van der Waals surface area contributed by atoms with Crippen LogP contribution in [0.4, 0.5) is 0 Å². The summed E-state index contributed by atoms with van der Waals surface area (Å²) in [4.78, 5) is 11.7. The molecule has 4 heteroatoms. The molecule has 0 atom stereocenters. The fourth-order valence-corrected chi connectivity index (χ4v) is 2.34.